The van der Waals surface area contributed by atoms with E-state index >= 15 is 0 Å². The molecular formula is C20H34O3. The predicted octanol–water partition coefficient (Wildman–Crippen LogP) is 3.28. The fourth-order valence-corrected chi connectivity index (χ4v) is 6.21. The minimum absolute atomic E-state index is 0.0100. The highest BCUT2D eigenvalue weighted by molar-refractivity contribution is 5.25. The van der Waals surface area contributed by atoms with Crippen molar-refractivity contribution in [1.29, 1.82) is 0 Å². The first-order valence-electron chi connectivity index (χ1n) is 9.34. The molecule has 0 radical (unpaired) electrons. The lowest BCUT2D eigenvalue weighted by Crippen LogP contribution is -2.55. The molecule has 3 aliphatic rings. The van der Waals surface area contributed by atoms with Crippen molar-refractivity contribution >= 4 is 0 Å². The first-order chi connectivity index (χ1) is 10.6. The normalized spacial score (nSPS) is 47.3. The van der Waals surface area contributed by atoms with Crippen LogP contribution in [0.2, 0.25) is 0 Å². The lowest BCUT2D eigenvalue weighted by Gasteiger charge is -2.61. The standard InChI is InChI=1S/C20H34O3/c1-18(2)15-6-5-13-11-19(3,17(23)12-21)9-7-14(13)20(15,4)10-8-16(18)22/h11,14-17,21-23H,5-10,12H2,1-4H3/t14-,15-,16-,17+,19+,20+/m0/s1. The Kier molecular flexibility index (Phi) is 4.23. The van der Waals surface area contributed by atoms with Gasteiger partial charge in [-0.2, -0.15) is 0 Å². The van der Waals surface area contributed by atoms with Gasteiger partial charge in [-0.3, -0.25) is 0 Å². The number of hydrogen-bond acceptors (Lipinski definition) is 3. The van der Waals surface area contributed by atoms with Crippen molar-refractivity contribution in [3.05, 3.63) is 11.6 Å². The second-order valence-corrected chi connectivity index (χ2v) is 9.49. The largest absolute Gasteiger partial charge is 0.394 e. The summed E-state index contributed by atoms with van der Waals surface area (Å²) in [6, 6.07) is 0. The van der Waals surface area contributed by atoms with Crippen LogP contribution in [0.25, 0.3) is 0 Å². The Morgan fingerprint density at radius 2 is 1.83 bits per heavy atom. The quantitative estimate of drug-likeness (QED) is 0.684. The van der Waals surface area contributed by atoms with Crippen molar-refractivity contribution in [2.24, 2.45) is 28.1 Å². The van der Waals surface area contributed by atoms with E-state index in [1.807, 2.05) is 0 Å². The lowest BCUT2D eigenvalue weighted by atomic mass is 9.45. The van der Waals surface area contributed by atoms with Crippen molar-refractivity contribution < 1.29 is 15.3 Å². The van der Waals surface area contributed by atoms with E-state index in [9.17, 15) is 15.3 Å². The zero-order chi connectivity index (χ0) is 17.0. The fraction of sp³-hybridized carbons (Fsp3) is 0.900. The van der Waals surface area contributed by atoms with Crippen LogP contribution in [0.4, 0.5) is 0 Å². The molecule has 0 unspecified atom stereocenters. The number of aliphatic hydroxyl groups excluding tert-OH is 3. The Morgan fingerprint density at radius 3 is 2.48 bits per heavy atom. The van der Waals surface area contributed by atoms with E-state index in [1.165, 1.54) is 5.57 Å². The van der Waals surface area contributed by atoms with Gasteiger partial charge in [-0.25, -0.2) is 0 Å². The minimum atomic E-state index is -0.661. The Morgan fingerprint density at radius 1 is 1.13 bits per heavy atom. The van der Waals surface area contributed by atoms with Gasteiger partial charge in [-0.15, -0.1) is 0 Å². The van der Waals surface area contributed by atoms with Crippen LogP contribution >= 0.6 is 0 Å². The second kappa shape index (κ2) is 5.57. The summed E-state index contributed by atoms with van der Waals surface area (Å²) < 4.78 is 0. The average Bonchev–Trinajstić information content (AvgIpc) is 2.50. The summed E-state index contributed by atoms with van der Waals surface area (Å²) in [6.45, 7) is 8.85. The van der Waals surface area contributed by atoms with Crippen LogP contribution in [0.1, 0.15) is 66.2 Å². The monoisotopic (exact) mass is 322 g/mol. The molecule has 2 fully saturated rings. The molecule has 6 atom stereocenters. The average molecular weight is 322 g/mol. The maximum absolute atomic E-state index is 10.5. The number of aliphatic hydroxyl groups is 3. The molecule has 0 aromatic rings. The van der Waals surface area contributed by atoms with Crippen LogP contribution in [-0.4, -0.2) is 34.1 Å². The summed E-state index contributed by atoms with van der Waals surface area (Å²) in [5.74, 6) is 1.14. The van der Waals surface area contributed by atoms with Crippen LogP contribution in [0.5, 0.6) is 0 Å². The fourth-order valence-electron chi connectivity index (χ4n) is 6.21. The maximum atomic E-state index is 10.5. The van der Waals surface area contributed by atoms with Crippen molar-refractivity contribution in [3.8, 4) is 0 Å². The summed E-state index contributed by atoms with van der Waals surface area (Å²) in [5, 5.41) is 30.1. The van der Waals surface area contributed by atoms with Crippen molar-refractivity contribution in [3.63, 3.8) is 0 Å². The molecule has 3 aliphatic carbocycles. The van der Waals surface area contributed by atoms with E-state index in [0.717, 1.165) is 38.5 Å². The van der Waals surface area contributed by atoms with Gasteiger partial charge >= 0.3 is 0 Å². The lowest BCUT2D eigenvalue weighted by molar-refractivity contribution is -0.129. The Balaban J connectivity index is 1.93. The van der Waals surface area contributed by atoms with E-state index in [1.54, 1.807) is 0 Å². The molecule has 0 saturated heterocycles. The van der Waals surface area contributed by atoms with Gasteiger partial charge in [-0.1, -0.05) is 39.3 Å². The summed E-state index contributed by atoms with van der Waals surface area (Å²) in [4.78, 5) is 0. The van der Waals surface area contributed by atoms with Crippen LogP contribution < -0.4 is 0 Å². The molecule has 132 valence electrons. The second-order valence-electron chi connectivity index (χ2n) is 9.49. The molecule has 3 heteroatoms. The molecule has 0 spiro atoms. The van der Waals surface area contributed by atoms with Crippen LogP contribution in [-0.2, 0) is 0 Å². The predicted molar refractivity (Wildman–Crippen MR) is 91.9 cm³/mol. The van der Waals surface area contributed by atoms with Gasteiger partial charge in [0.15, 0.2) is 0 Å². The maximum Gasteiger partial charge on any atom is 0.0858 e. The molecule has 0 heterocycles. The van der Waals surface area contributed by atoms with Gasteiger partial charge in [0.25, 0.3) is 0 Å². The molecule has 2 saturated carbocycles. The highest BCUT2D eigenvalue weighted by Crippen LogP contribution is 2.63. The number of rotatable bonds is 2. The third-order valence-electron chi connectivity index (χ3n) is 7.90. The third kappa shape index (κ3) is 2.51. The first-order valence-corrected chi connectivity index (χ1v) is 9.34. The first kappa shape index (κ1) is 17.4. The topological polar surface area (TPSA) is 60.7 Å². The van der Waals surface area contributed by atoms with Gasteiger partial charge < -0.3 is 15.3 Å². The molecule has 0 aromatic heterocycles. The zero-order valence-electron chi connectivity index (χ0n) is 15.2. The van der Waals surface area contributed by atoms with E-state index in [4.69, 9.17) is 0 Å². The number of fused-ring (bicyclic) bond motifs is 3. The molecule has 0 bridgehead atoms. The van der Waals surface area contributed by atoms with E-state index in [-0.39, 0.29) is 29.0 Å². The highest BCUT2D eigenvalue weighted by atomic mass is 16.3. The molecule has 0 amide bonds. The Hall–Kier alpha value is -0.380. The SMILES string of the molecule is CC1(C)[C@@H](O)CC[C@]2(C)[C@H]3CC[C@@](C)([C@H](O)CO)C=C3CC[C@@H]12. The van der Waals surface area contributed by atoms with E-state index in [2.05, 4.69) is 33.8 Å². The van der Waals surface area contributed by atoms with Gasteiger partial charge in [0.05, 0.1) is 18.8 Å². The molecular weight excluding hydrogens is 288 g/mol. The smallest absolute Gasteiger partial charge is 0.0858 e. The third-order valence-corrected chi connectivity index (χ3v) is 7.90. The molecule has 0 aliphatic heterocycles. The van der Waals surface area contributed by atoms with Crippen LogP contribution in [0, 0.1) is 28.1 Å². The number of allylic oxidation sites excluding steroid dienone is 1. The summed E-state index contributed by atoms with van der Waals surface area (Å²) in [5.41, 5.74) is 1.47. The van der Waals surface area contributed by atoms with Crippen molar-refractivity contribution in [1.82, 2.24) is 0 Å². The zero-order valence-corrected chi connectivity index (χ0v) is 15.2. The minimum Gasteiger partial charge on any atom is -0.394 e. The van der Waals surface area contributed by atoms with Gasteiger partial charge in [0.1, 0.15) is 0 Å². The van der Waals surface area contributed by atoms with E-state index in [0.29, 0.717) is 11.8 Å². The van der Waals surface area contributed by atoms with Crippen LogP contribution in [0.3, 0.4) is 0 Å². The van der Waals surface area contributed by atoms with Gasteiger partial charge in [0.2, 0.25) is 0 Å². The molecule has 3 rings (SSSR count). The summed E-state index contributed by atoms with van der Waals surface area (Å²) in [6.07, 6.45) is 7.70. The van der Waals surface area contributed by atoms with Crippen LogP contribution in [0.15, 0.2) is 11.6 Å². The molecule has 3 nitrogen and oxygen atoms in total. The van der Waals surface area contributed by atoms with E-state index < -0.39 is 6.10 Å². The van der Waals surface area contributed by atoms with Gasteiger partial charge in [-0.05, 0) is 61.2 Å². The Bertz CT molecular complexity index is 497. The summed E-state index contributed by atoms with van der Waals surface area (Å²) >= 11 is 0. The van der Waals surface area contributed by atoms with Gasteiger partial charge in [0, 0.05) is 5.41 Å². The molecule has 0 aromatic carbocycles. The summed E-state index contributed by atoms with van der Waals surface area (Å²) in [7, 11) is 0. The van der Waals surface area contributed by atoms with Crippen molar-refractivity contribution in [2.75, 3.05) is 6.61 Å². The number of hydrogen-bond donors (Lipinski definition) is 3. The highest BCUT2D eigenvalue weighted by Gasteiger charge is 2.57. The molecule has 23 heavy (non-hydrogen) atoms. The Labute approximate surface area is 140 Å². The molecule has 3 N–H and O–H groups in total. The van der Waals surface area contributed by atoms with Crippen molar-refractivity contribution in [2.45, 2.75) is 78.4 Å².